The predicted octanol–water partition coefficient (Wildman–Crippen LogP) is 5.47. The van der Waals surface area contributed by atoms with E-state index in [0.717, 1.165) is 44.9 Å². The summed E-state index contributed by atoms with van der Waals surface area (Å²) in [4.78, 5) is 13.4. The van der Waals surface area contributed by atoms with Crippen molar-refractivity contribution in [3.8, 4) is 0 Å². The number of aliphatic hydroxyl groups is 2. The lowest BCUT2D eigenvalue weighted by Crippen LogP contribution is -2.58. The lowest BCUT2D eigenvalue weighted by Gasteiger charge is -2.57. The van der Waals surface area contributed by atoms with Gasteiger partial charge < -0.3 is 86.0 Å². The zero-order valence-corrected chi connectivity index (χ0v) is 46.0. The zero-order chi connectivity index (χ0) is 52.6. The highest BCUT2D eigenvalue weighted by atomic mass is 16.8. The van der Waals surface area contributed by atoms with Crippen LogP contribution in [0.15, 0.2) is 0 Å². The van der Waals surface area contributed by atoms with E-state index in [9.17, 15) is 15.0 Å². The van der Waals surface area contributed by atoms with Gasteiger partial charge in [0.05, 0.1) is 84.8 Å². The molecule has 0 radical (unpaired) electrons. The summed E-state index contributed by atoms with van der Waals surface area (Å²) < 4.78 is 102. The Morgan fingerprint density at radius 3 is 1.50 bits per heavy atom. The van der Waals surface area contributed by atoms with E-state index in [4.69, 9.17) is 75.8 Å². The topological polar surface area (TPSA) is 205 Å². The van der Waals surface area contributed by atoms with E-state index in [1.54, 1.807) is 35.4 Å². The van der Waals surface area contributed by atoms with Gasteiger partial charge in [0.2, 0.25) is 0 Å². The highest BCUT2D eigenvalue weighted by molar-refractivity contribution is 5.88. The molecule has 10 aliphatic rings. The second kappa shape index (κ2) is 22.5. The number of rotatable bonds is 14. The fraction of sp³-hybridized carbons (Fsp3) is 0.982. The molecule has 424 valence electrons. The summed E-state index contributed by atoms with van der Waals surface area (Å²) in [5, 5.41) is 21.6. The van der Waals surface area contributed by atoms with E-state index < -0.39 is 116 Å². The molecule has 0 aromatic rings. The molecule has 29 atom stereocenters. The minimum Gasteiger partial charge on any atom is -0.390 e. The molecule has 0 aromatic heterocycles. The van der Waals surface area contributed by atoms with Crippen LogP contribution in [0.4, 0.5) is 0 Å². The Bertz CT molecular complexity index is 1890. The van der Waals surface area contributed by atoms with Crippen LogP contribution in [-0.4, -0.2) is 192 Å². The molecule has 10 rings (SSSR count). The van der Waals surface area contributed by atoms with Crippen molar-refractivity contribution < 1.29 is 90.8 Å². The first-order valence-corrected chi connectivity index (χ1v) is 28.2. The molecule has 0 aromatic carbocycles. The van der Waals surface area contributed by atoms with Gasteiger partial charge in [0.1, 0.15) is 36.3 Å². The summed E-state index contributed by atoms with van der Waals surface area (Å²) in [6, 6.07) is 0. The van der Waals surface area contributed by atoms with Crippen molar-refractivity contribution in [1.29, 1.82) is 0 Å². The average Bonchev–Trinajstić information content (AvgIpc) is 3.88. The Hall–Kier alpha value is -1.05. The Morgan fingerprint density at radius 1 is 0.500 bits per heavy atom. The second-order valence-electron chi connectivity index (χ2n) is 24.2. The lowest BCUT2D eigenvalue weighted by molar-refractivity contribution is -0.351. The van der Waals surface area contributed by atoms with E-state index in [1.807, 2.05) is 27.7 Å². The minimum atomic E-state index is -0.901. The molecule has 19 heteroatoms. The van der Waals surface area contributed by atoms with Gasteiger partial charge in [-0.1, -0.05) is 6.92 Å². The van der Waals surface area contributed by atoms with E-state index >= 15 is 0 Å². The van der Waals surface area contributed by atoms with Gasteiger partial charge in [0, 0.05) is 85.2 Å². The monoisotopic (exact) mass is 1050 g/mol. The maximum absolute atomic E-state index is 13.4. The van der Waals surface area contributed by atoms with Crippen molar-refractivity contribution in [2.45, 2.75) is 286 Å². The van der Waals surface area contributed by atoms with Crippen LogP contribution in [0.2, 0.25) is 0 Å². The van der Waals surface area contributed by atoms with Gasteiger partial charge in [-0.05, 0) is 98.3 Å². The van der Waals surface area contributed by atoms with Gasteiger partial charge in [-0.15, -0.1) is 0 Å². The molecule has 0 amide bonds. The molecule has 3 aliphatic carbocycles. The molecule has 3 saturated carbocycles. The highest BCUT2D eigenvalue weighted by Crippen LogP contribution is 2.67. The van der Waals surface area contributed by atoms with Crippen LogP contribution in [0.25, 0.3) is 0 Å². The molecular formula is C55H90O19. The van der Waals surface area contributed by atoms with Crippen molar-refractivity contribution in [3.63, 3.8) is 0 Å². The third kappa shape index (κ3) is 10.5. The van der Waals surface area contributed by atoms with Crippen LogP contribution in [0.3, 0.4) is 0 Å². The van der Waals surface area contributed by atoms with Crippen LogP contribution in [-0.2, 0) is 80.6 Å². The van der Waals surface area contributed by atoms with Crippen molar-refractivity contribution in [2.24, 2.45) is 28.6 Å². The van der Waals surface area contributed by atoms with Crippen molar-refractivity contribution in [3.05, 3.63) is 0 Å². The molecule has 74 heavy (non-hydrogen) atoms. The summed E-state index contributed by atoms with van der Waals surface area (Å²) in [6.07, 6.45) is -1.70. The molecule has 2 bridgehead atoms. The van der Waals surface area contributed by atoms with Crippen LogP contribution >= 0.6 is 0 Å². The number of ketones is 1. The summed E-state index contributed by atoms with van der Waals surface area (Å²) >= 11 is 0. The normalized spacial score (nSPS) is 54.8. The number of ether oxygens (including phenoxy) is 16. The van der Waals surface area contributed by atoms with E-state index in [2.05, 4.69) is 20.8 Å². The molecule has 1 spiro atoms. The molecular weight excluding hydrogens is 965 g/mol. The van der Waals surface area contributed by atoms with Crippen molar-refractivity contribution >= 4 is 5.78 Å². The summed E-state index contributed by atoms with van der Waals surface area (Å²) in [6.45, 7) is 16.2. The standard InChI is InChI=1S/C55H90O19/c1-26-34-13-14-41(57)54(34,8)42-25-40-53(7)17-16-33(19-32(53)15-18-55(40,73-26)74-42)68-44-22-37(60-10)51(29(4)65-44)71-47-24-39(62-12)52(31(6)67-47)72-46-23-38(61-11)50(30(5)66-46)70-43-20-35(56)49(28(3)64-43)69-45-21-36(59-9)48(58)27(2)63-45/h26-40,42-52,56,58H,13-25H2,1-12H3/t26-,27+,28+,29+,30+,31+,32-,33-,34-,35-,36+,37-,38+,39+,40+,42+,43-,44-,45-,46-,47-,48+,49+,50+,51+,52+,53-,54+,55-/m0/s1. The van der Waals surface area contributed by atoms with Crippen LogP contribution in [0.5, 0.6) is 0 Å². The molecule has 7 aliphatic heterocycles. The number of hydrogen-bond acceptors (Lipinski definition) is 19. The van der Waals surface area contributed by atoms with Gasteiger partial charge in [-0.3, -0.25) is 4.79 Å². The molecule has 10 fully saturated rings. The Labute approximate surface area is 438 Å². The number of hydrogen-bond donors (Lipinski definition) is 2. The molecule has 19 nitrogen and oxygen atoms in total. The third-order valence-electron chi connectivity index (χ3n) is 20.1. The summed E-state index contributed by atoms with van der Waals surface area (Å²) in [5.74, 6) is 0.664. The first kappa shape index (κ1) is 56.2. The number of carbonyl (C=O) groups is 1. The quantitative estimate of drug-likeness (QED) is 0.207. The summed E-state index contributed by atoms with van der Waals surface area (Å²) in [5.41, 5.74) is -0.437. The Morgan fingerprint density at radius 2 is 0.973 bits per heavy atom. The lowest BCUT2D eigenvalue weighted by atomic mass is 9.52. The third-order valence-corrected chi connectivity index (χ3v) is 20.1. The molecule has 7 saturated heterocycles. The smallest absolute Gasteiger partial charge is 0.172 e. The Balaban J connectivity index is 0.687. The van der Waals surface area contributed by atoms with E-state index in [-0.39, 0.29) is 60.3 Å². The van der Waals surface area contributed by atoms with Gasteiger partial charge in [-0.25, -0.2) is 0 Å². The van der Waals surface area contributed by atoms with Crippen LogP contribution < -0.4 is 0 Å². The highest BCUT2D eigenvalue weighted by Gasteiger charge is 2.70. The van der Waals surface area contributed by atoms with Crippen molar-refractivity contribution in [2.75, 3.05) is 28.4 Å². The largest absolute Gasteiger partial charge is 0.390 e. The SMILES string of the molecule is CO[C@H]1C[C@H](O[C@H]2CC[C@@]3(C)[C@@H](CC[C@@]45O[C@@H](C)[C@@H]6CCC(=O)[C@]6(C)[C@@H](C[C@@H]43)O5)C2)O[C@H](C)[C@H]1O[C@H]1C[C@@H](OC)[C@H](O[C@H]2C[C@@H](OC)[C@H](O[C@H]3C[C@H](O)[C@H](O[C@H]4C[C@@H](OC)[C@H](O)[C@@H](C)O4)[C@@H](C)O3)[C@@H](C)O2)[C@@H](C)O1. The second-order valence-corrected chi connectivity index (χ2v) is 24.2. The first-order valence-electron chi connectivity index (χ1n) is 28.2. The first-order chi connectivity index (χ1) is 35.3. The van der Waals surface area contributed by atoms with Gasteiger partial charge in [0.15, 0.2) is 37.2 Å². The molecule has 7 heterocycles. The number of aliphatic hydroxyl groups excluding tert-OH is 2. The van der Waals surface area contributed by atoms with E-state index in [1.165, 1.54) is 0 Å². The maximum atomic E-state index is 13.4. The molecule has 2 N–H and O–H groups in total. The minimum absolute atomic E-state index is 0.00137. The van der Waals surface area contributed by atoms with Crippen molar-refractivity contribution in [1.82, 2.24) is 0 Å². The number of carbonyl (C=O) groups excluding carboxylic acids is 1. The number of methoxy groups -OCH3 is 4. The number of Topliss-reactive ketones (excluding diaryl/α,β-unsaturated/α-hetero) is 1. The fourth-order valence-electron chi connectivity index (χ4n) is 15.8. The molecule has 0 unspecified atom stereocenters. The average molecular weight is 1060 g/mol. The zero-order valence-electron chi connectivity index (χ0n) is 46.0. The number of fused-ring (bicyclic) bond motifs is 5. The fourth-order valence-corrected chi connectivity index (χ4v) is 15.8. The van der Waals surface area contributed by atoms with Gasteiger partial charge in [-0.2, -0.15) is 0 Å². The van der Waals surface area contributed by atoms with Gasteiger partial charge >= 0.3 is 0 Å². The summed E-state index contributed by atoms with van der Waals surface area (Å²) in [7, 11) is 6.56. The van der Waals surface area contributed by atoms with Gasteiger partial charge in [0.25, 0.3) is 0 Å². The predicted molar refractivity (Wildman–Crippen MR) is 261 cm³/mol. The van der Waals surface area contributed by atoms with E-state index in [0.29, 0.717) is 43.8 Å². The van der Waals surface area contributed by atoms with Crippen LogP contribution in [0.1, 0.15) is 139 Å². The van der Waals surface area contributed by atoms with Crippen LogP contribution in [0, 0.1) is 28.6 Å². The maximum Gasteiger partial charge on any atom is 0.172 e. The Kier molecular flexibility index (Phi) is 17.1.